The van der Waals surface area contributed by atoms with Gasteiger partial charge in [0, 0.05) is 7.11 Å². The number of hydrogen-bond acceptors (Lipinski definition) is 1. The Morgan fingerprint density at radius 1 is 0.769 bits per heavy atom. The highest BCUT2D eigenvalue weighted by atomic mass is 16.5. The molecular weight excluding hydrogens is 160 g/mol. The minimum atomic E-state index is 0.178. The van der Waals surface area contributed by atoms with E-state index in [1.807, 2.05) is 7.11 Å². The van der Waals surface area contributed by atoms with E-state index in [-0.39, 0.29) is 5.60 Å². The van der Waals surface area contributed by atoms with Crippen LogP contribution >= 0.6 is 0 Å². The Bertz CT molecular complexity index is 121. The maximum absolute atomic E-state index is 5.61. The molecule has 0 aromatic heterocycles. The lowest BCUT2D eigenvalue weighted by atomic mass is 9.90. The van der Waals surface area contributed by atoms with E-state index >= 15 is 0 Å². The highest BCUT2D eigenvalue weighted by Crippen LogP contribution is 2.27. The predicted molar refractivity (Wildman–Crippen MR) is 57.0 cm³/mol. The normalized spacial score (nSPS) is 25.4. The fourth-order valence-electron chi connectivity index (χ4n) is 2.21. The third-order valence-corrected chi connectivity index (χ3v) is 3.40. The third kappa shape index (κ3) is 4.12. The summed E-state index contributed by atoms with van der Waals surface area (Å²) in [7, 11) is 1.87. The van der Waals surface area contributed by atoms with Crippen LogP contribution in [0.1, 0.15) is 64.7 Å². The molecule has 0 spiro atoms. The fourth-order valence-corrected chi connectivity index (χ4v) is 2.21. The standard InChI is InChI=1S/C12H24O/c1-12(13-2)10-8-6-4-3-5-7-9-11-12/h3-11H2,1-2H3. The van der Waals surface area contributed by atoms with Crippen molar-refractivity contribution in [2.75, 3.05) is 7.11 Å². The van der Waals surface area contributed by atoms with Gasteiger partial charge in [-0.15, -0.1) is 0 Å². The van der Waals surface area contributed by atoms with Gasteiger partial charge in [0.2, 0.25) is 0 Å². The van der Waals surface area contributed by atoms with Gasteiger partial charge in [-0.05, 0) is 19.8 Å². The number of rotatable bonds is 1. The molecule has 0 aromatic rings. The van der Waals surface area contributed by atoms with Gasteiger partial charge in [-0.1, -0.05) is 44.9 Å². The Morgan fingerprint density at radius 3 is 1.54 bits per heavy atom. The molecule has 78 valence electrons. The lowest BCUT2D eigenvalue weighted by Crippen LogP contribution is -2.27. The van der Waals surface area contributed by atoms with Crippen LogP contribution in [0.5, 0.6) is 0 Å². The largest absolute Gasteiger partial charge is 0.379 e. The van der Waals surface area contributed by atoms with E-state index in [1.165, 1.54) is 57.8 Å². The van der Waals surface area contributed by atoms with Crippen LogP contribution in [0.2, 0.25) is 0 Å². The predicted octanol–water partition coefficient (Wildman–Crippen LogP) is 3.92. The third-order valence-electron chi connectivity index (χ3n) is 3.40. The molecule has 0 aliphatic heterocycles. The molecule has 0 aromatic carbocycles. The molecule has 1 aliphatic rings. The molecule has 1 fully saturated rings. The Kier molecular flexibility index (Phi) is 4.79. The van der Waals surface area contributed by atoms with Crippen molar-refractivity contribution in [3.8, 4) is 0 Å². The molecule has 1 rings (SSSR count). The molecule has 1 nitrogen and oxygen atoms in total. The van der Waals surface area contributed by atoms with Crippen molar-refractivity contribution in [1.82, 2.24) is 0 Å². The lowest BCUT2D eigenvalue weighted by Gasteiger charge is -2.29. The van der Waals surface area contributed by atoms with Gasteiger partial charge < -0.3 is 4.74 Å². The second kappa shape index (κ2) is 5.64. The SMILES string of the molecule is COC1(C)CCCCCCCCC1. The molecule has 0 radical (unpaired) electrons. The van der Waals surface area contributed by atoms with Crippen molar-refractivity contribution in [2.24, 2.45) is 0 Å². The molecule has 0 saturated heterocycles. The summed E-state index contributed by atoms with van der Waals surface area (Å²) in [5.74, 6) is 0. The molecule has 0 amide bonds. The quantitative estimate of drug-likeness (QED) is 0.600. The van der Waals surface area contributed by atoms with Crippen LogP contribution in [0.3, 0.4) is 0 Å². The van der Waals surface area contributed by atoms with E-state index in [2.05, 4.69) is 6.92 Å². The smallest absolute Gasteiger partial charge is 0.0650 e. The van der Waals surface area contributed by atoms with Crippen LogP contribution in [0.25, 0.3) is 0 Å². The maximum atomic E-state index is 5.61. The van der Waals surface area contributed by atoms with E-state index < -0.39 is 0 Å². The maximum Gasteiger partial charge on any atom is 0.0650 e. The Labute approximate surface area is 82.9 Å². The van der Waals surface area contributed by atoms with E-state index in [0.29, 0.717) is 0 Å². The molecule has 0 unspecified atom stereocenters. The van der Waals surface area contributed by atoms with Gasteiger partial charge in [-0.2, -0.15) is 0 Å². The second-order valence-electron chi connectivity index (χ2n) is 4.63. The molecule has 13 heavy (non-hydrogen) atoms. The molecular formula is C12H24O. The summed E-state index contributed by atoms with van der Waals surface area (Å²) in [5.41, 5.74) is 0.178. The van der Waals surface area contributed by atoms with Gasteiger partial charge in [0.25, 0.3) is 0 Å². The zero-order valence-electron chi connectivity index (χ0n) is 9.27. The average molecular weight is 184 g/mol. The minimum Gasteiger partial charge on any atom is -0.379 e. The molecule has 1 saturated carbocycles. The average Bonchev–Trinajstić information content (AvgIpc) is 2.16. The molecule has 0 heterocycles. The molecule has 1 aliphatic carbocycles. The highest BCUT2D eigenvalue weighted by molar-refractivity contribution is 4.75. The first-order valence-electron chi connectivity index (χ1n) is 5.82. The molecule has 0 N–H and O–H groups in total. The zero-order valence-corrected chi connectivity index (χ0v) is 9.27. The van der Waals surface area contributed by atoms with Gasteiger partial charge in [-0.3, -0.25) is 0 Å². The number of methoxy groups -OCH3 is 1. The topological polar surface area (TPSA) is 9.23 Å². The van der Waals surface area contributed by atoms with Gasteiger partial charge in [0.15, 0.2) is 0 Å². The van der Waals surface area contributed by atoms with Crippen LogP contribution in [-0.2, 0) is 4.74 Å². The Morgan fingerprint density at radius 2 is 1.15 bits per heavy atom. The van der Waals surface area contributed by atoms with Crippen molar-refractivity contribution >= 4 is 0 Å². The van der Waals surface area contributed by atoms with E-state index in [1.54, 1.807) is 0 Å². The first kappa shape index (κ1) is 11.0. The van der Waals surface area contributed by atoms with Crippen molar-refractivity contribution in [1.29, 1.82) is 0 Å². The second-order valence-corrected chi connectivity index (χ2v) is 4.63. The van der Waals surface area contributed by atoms with Crippen LogP contribution in [0.15, 0.2) is 0 Å². The van der Waals surface area contributed by atoms with Crippen LogP contribution in [-0.4, -0.2) is 12.7 Å². The van der Waals surface area contributed by atoms with Crippen molar-refractivity contribution in [2.45, 2.75) is 70.3 Å². The molecule has 1 heteroatoms. The minimum absolute atomic E-state index is 0.178. The van der Waals surface area contributed by atoms with E-state index in [0.717, 1.165) is 0 Å². The zero-order chi connectivity index (χ0) is 9.57. The molecule has 0 bridgehead atoms. The van der Waals surface area contributed by atoms with Gasteiger partial charge >= 0.3 is 0 Å². The first-order chi connectivity index (χ1) is 6.27. The Balaban J connectivity index is 2.34. The van der Waals surface area contributed by atoms with Crippen molar-refractivity contribution in [3.05, 3.63) is 0 Å². The first-order valence-corrected chi connectivity index (χ1v) is 5.82. The summed E-state index contributed by atoms with van der Waals surface area (Å²) in [4.78, 5) is 0. The van der Waals surface area contributed by atoms with Gasteiger partial charge in [0.05, 0.1) is 5.60 Å². The summed E-state index contributed by atoms with van der Waals surface area (Å²) in [6.45, 7) is 2.27. The summed E-state index contributed by atoms with van der Waals surface area (Å²) in [6.07, 6.45) is 12.3. The van der Waals surface area contributed by atoms with Crippen LogP contribution in [0.4, 0.5) is 0 Å². The lowest BCUT2D eigenvalue weighted by molar-refractivity contribution is -0.0127. The summed E-state index contributed by atoms with van der Waals surface area (Å²) < 4.78 is 5.61. The highest BCUT2D eigenvalue weighted by Gasteiger charge is 2.22. The van der Waals surface area contributed by atoms with Crippen molar-refractivity contribution in [3.63, 3.8) is 0 Å². The van der Waals surface area contributed by atoms with Gasteiger partial charge in [0.1, 0.15) is 0 Å². The molecule has 0 atom stereocenters. The van der Waals surface area contributed by atoms with Crippen LogP contribution < -0.4 is 0 Å². The summed E-state index contributed by atoms with van der Waals surface area (Å²) in [5, 5.41) is 0. The fraction of sp³-hybridized carbons (Fsp3) is 1.00. The monoisotopic (exact) mass is 184 g/mol. The Hall–Kier alpha value is -0.0400. The summed E-state index contributed by atoms with van der Waals surface area (Å²) in [6, 6.07) is 0. The van der Waals surface area contributed by atoms with Crippen molar-refractivity contribution < 1.29 is 4.74 Å². The van der Waals surface area contributed by atoms with Crippen LogP contribution in [0, 0.1) is 0 Å². The van der Waals surface area contributed by atoms with Gasteiger partial charge in [-0.25, -0.2) is 0 Å². The number of ether oxygens (including phenoxy) is 1. The number of hydrogen-bond donors (Lipinski definition) is 0. The van der Waals surface area contributed by atoms with E-state index in [9.17, 15) is 0 Å². The van der Waals surface area contributed by atoms with E-state index in [4.69, 9.17) is 4.74 Å². The summed E-state index contributed by atoms with van der Waals surface area (Å²) >= 11 is 0.